The van der Waals surface area contributed by atoms with Crippen molar-refractivity contribution in [3.63, 3.8) is 0 Å². The molecule has 0 radical (unpaired) electrons. The molecule has 10 nitrogen and oxygen atoms in total. The smallest absolute Gasteiger partial charge is 0.221 e. The van der Waals surface area contributed by atoms with Crippen LogP contribution in [0.1, 0.15) is 38.0 Å². The van der Waals surface area contributed by atoms with Crippen LogP contribution in [-0.2, 0) is 0 Å². The Balaban J connectivity index is 1.97. The Labute approximate surface area is 191 Å². The fourth-order valence-electron chi connectivity index (χ4n) is 3.82. The zero-order valence-electron chi connectivity index (χ0n) is 19.8. The molecule has 0 amide bonds. The highest BCUT2D eigenvalue weighted by Gasteiger charge is 2.22. The molecule has 172 valence electrons. The number of allylic oxidation sites excluding steroid dienone is 1. The lowest BCUT2D eigenvalue weighted by Crippen LogP contribution is -2.28. The van der Waals surface area contributed by atoms with Gasteiger partial charge in [-0.1, -0.05) is 5.16 Å². The summed E-state index contributed by atoms with van der Waals surface area (Å²) in [6.07, 6.45) is 1.30. The van der Waals surface area contributed by atoms with Gasteiger partial charge in [-0.2, -0.15) is 0 Å². The van der Waals surface area contributed by atoms with Gasteiger partial charge in [0.15, 0.2) is 0 Å². The molecule has 0 aliphatic heterocycles. The summed E-state index contributed by atoms with van der Waals surface area (Å²) in [7, 11) is 1.59. The minimum Gasteiger partial charge on any atom is -0.481 e. The first-order chi connectivity index (χ1) is 15.7. The molecule has 0 aromatic carbocycles. The summed E-state index contributed by atoms with van der Waals surface area (Å²) in [5, 5.41) is 19.2. The lowest BCUT2D eigenvalue weighted by atomic mass is 10.0. The molecule has 4 rings (SSSR count). The highest BCUT2D eigenvalue weighted by molar-refractivity contribution is 6.10. The summed E-state index contributed by atoms with van der Waals surface area (Å²) >= 11 is 0. The van der Waals surface area contributed by atoms with Gasteiger partial charge in [-0.15, -0.1) is 0 Å². The zero-order valence-corrected chi connectivity index (χ0v) is 19.8. The number of nitrogens with zero attached hydrogens (tertiary/aromatic N) is 4. The third kappa shape index (κ3) is 3.99. The van der Waals surface area contributed by atoms with Crippen LogP contribution >= 0.6 is 0 Å². The van der Waals surface area contributed by atoms with E-state index in [0.29, 0.717) is 40.3 Å². The molecule has 0 atom stereocenters. The number of rotatable bonds is 7. The SMILES string of the molecule is COc1nc2c(cc1-c1c(C)noc1C)[nH]c1nc(C)nc(N/C(NC(C)C)=C(\C)C=N)c12. The summed E-state index contributed by atoms with van der Waals surface area (Å²) < 4.78 is 11.0. The van der Waals surface area contributed by atoms with Crippen molar-refractivity contribution in [2.24, 2.45) is 0 Å². The van der Waals surface area contributed by atoms with Crippen molar-refractivity contribution in [3.05, 3.63) is 34.7 Å². The third-order valence-electron chi connectivity index (χ3n) is 5.28. The first kappa shape index (κ1) is 22.3. The maximum Gasteiger partial charge on any atom is 0.221 e. The molecule has 0 fully saturated rings. The fourth-order valence-corrected chi connectivity index (χ4v) is 3.82. The number of methoxy groups -OCH3 is 1. The normalized spacial score (nSPS) is 12.4. The third-order valence-corrected chi connectivity index (χ3v) is 5.28. The summed E-state index contributed by atoms with van der Waals surface area (Å²) in [5.41, 5.74) is 5.27. The first-order valence-electron chi connectivity index (χ1n) is 10.7. The van der Waals surface area contributed by atoms with Gasteiger partial charge < -0.3 is 30.3 Å². The number of hydrogen-bond donors (Lipinski definition) is 4. The Hall–Kier alpha value is -3.95. The number of H-pyrrole nitrogens is 1. The standard InChI is InChI=1S/C23H28N8O2/c1-10(2)25-20(11(3)9-24)30-22-18-19-16(28-21(18)26-14(6)27-22)8-15(23(29-19)32-7)17-12(4)31-33-13(17)5/h8-10,24-25H,1-7H3,(H2,26,27,28,30)/b20-11+,24-9?. The molecular weight excluding hydrogens is 420 g/mol. The second-order valence-corrected chi connectivity index (χ2v) is 8.23. The van der Waals surface area contributed by atoms with E-state index in [4.69, 9.17) is 19.7 Å². The Morgan fingerprint density at radius 2 is 1.97 bits per heavy atom. The zero-order chi connectivity index (χ0) is 23.9. The van der Waals surface area contributed by atoms with Crippen molar-refractivity contribution in [1.29, 1.82) is 5.41 Å². The molecule has 10 heteroatoms. The molecule has 4 aromatic rings. The highest BCUT2D eigenvalue weighted by Crippen LogP contribution is 2.38. The number of fused-ring (bicyclic) bond motifs is 3. The van der Waals surface area contributed by atoms with Gasteiger partial charge >= 0.3 is 0 Å². The van der Waals surface area contributed by atoms with Gasteiger partial charge in [0.2, 0.25) is 5.88 Å². The van der Waals surface area contributed by atoms with Crippen LogP contribution in [0.15, 0.2) is 22.0 Å². The molecule has 0 unspecified atom stereocenters. The number of pyridine rings is 1. The molecule has 0 aliphatic rings. The molecule has 0 bridgehead atoms. The van der Waals surface area contributed by atoms with Gasteiger partial charge in [0, 0.05) is 17.8 Å². The largest absolute Gasteiger partial charge is 0.481 e. The van der Waals surface area contributed by atoms with Crippen molar-refractivity contribution < 1.29 is 9.26 Å². The van der Waals surface area contributed by atoms with Gasteiger partial charge in [-0.05, 0) is 47.6 Å². The minimum absolute atomic E-state index is 0.166. The van der Waals surface area contributed by atoms with Gasteiger partial charge in [-0.3, -0.25) is 0 Å². The van der Waals surface area contributed by atoms with E-state index in [2.05, 4.69) is 30.7 Å². The average Bonchev–Trinajstić information content (AvgIpc) is 3.29. The summed E-state index contributed by atoms with van der Waals surface area (Å²) in [6.45, 7) is 11.5. The van der Waals surface area contributed by atoms with E-state index in [1.807, 2.05) is 47.6 Å². The van der Waals surface area contributed by atoms with E-state index in [1.54, 1.807) is 7.11 Å². The van der Waals surface area contributed by atoms with E-state index in [9.17, 15) is 0 Å². The number of aromatic amines is 1. The maximum absolute atomic E-state index is 7.69. The predicted molar refractivity (Wildman–Crippen MR) is 129 cm³/mol. The number of ether oxygens (including phenoxy) is 1. The number of nitrogens with one attached hydrogen (secondary N) is 4. The van der Waals surface area contributed by atoms with E-state index in [0.717, 1.165) is 33.3 Å². The quantitative estimate of drug-likeness (QED) is 0.306. The van der Waals surface area contributed by atoms with Gasteiger partial charge in [0.05, 0.1) is 34.8 Å². The van der Waals surface area contributed by atoms with Gasteiger partial charge in [0.25, 0.3) is 0 Å². The minimum atomic E-state index is 0.166. The van der Waals surface area contributed by atoms with Gasteiger partial charge in [-0.25, -0.2) is 15.0 Å². The number of hydrogen-bond acceptors (Lipinski definition) is 9. The predicted octanol–water partition coefficient (Wildman–Crippen LogP) is 4.39. The van der Waals surface area contributed by atoms with E-state index in [1.165, 1.54) is 6.21 Å². The number of aryl methyl sites for hydroxylation is 3. The Morgan fingerprint density at radius 1 is 1.21 bits per heavy atom. The monoisotopic (exact) mass is 448 g/mol. The highest BCUT2D eigenvalue weighted by atomic mass is 16.5. The fraction of sp³-hybridized carbons (Fsp3) is 0.348. The van der Waals surface area contributed by atoms with Crippen LogP contribution < -0.4 is 15.4 Å². The van der Waals surface area contributed by atoms with Crippen LogP contribution in [0.2, 0.25) is 0 Å². The molecule has 0 aliphatic carbocycles. The van der Waals surface area contributed by atoms with Crippen LogP contribution in [0.4, 0.5) is 5.82 Å². The topological polar surface area (TPSA) is 138 Å². The second kappa shape index (κ2) is 8.53. The van der Waals surface area contributed by atoms with Crippen molar-refractivity contribution in [3.8, 4) is 17.0 Å². The van der Waals surface area contributed by atoms with Crippen molar-refractivity contribution in [2.45, 2.75) is 47.6 Å². The molecule has 33 heavy (non-hydrogen) atoms. The molecule has 4 aromatic heterocycles. The van der Waals surface area contributed by atoms with Crippen LogP contribution in [-0.4, -0.2) is 44.5 Å². The Morgan fingerprint density at radius 3 is 2.58 bits per heavy atom. The first-order valence-corrected chi connectivity index (χ1v) is 10.7. The summed E-state index contributed by atoms with van der Waals surface area (Å²) in [4.78, 5) is 17.4. The Bertz CT molecular complexity index is 1380. The van der Waals surface area contributed by atoms with Crippen molar-refractivity contribution >= 4 is 34.1 Å². The lowest BCUT2D eigenvalue weighted by Gasteiger charge is -2.18. The molecule has 4 heterocycles. The average molecular weight is 449 g/mol. The van der Waals surface area contributed by atoms with Crippen molar-refractivity contribution in [1.82, 2.24) is 30.4 Å². The molecule has 0 saturated carbocycles. The number of anilines is 1. The molecule has 0 spiro atoms. The van der Waals surface area contributed by atoms with Crippen molar-refractivity contribution in [2.75, 3.05) is 12.4 Å². The van der Waals surface area contributed by atoms with E-state index in [-0.39, 0.29) is 6.04 Å². The van der Waals surface area contributed by atoms with E-state index >= 15 is 0 Å². The maximum atomic E-state index is 7.69. The molecule has 0 saturated heterocycles. The second-order valence-electron chi connectivity index (χ2n) is 8.23. The van der Waals surface area contributed by atoms with Crippen LogP contribution in [0, 0.1) is 26.2 Å². The Kier molecular flexibility index (Phi) is 5.75. The van der Waals surface area contributed by atoms with Gasteiger partial charge in [0.1, 0.15) is 34.4 Å². The summed E-state index contributed by atoms with van der Waals surface area (Å²) in [5.74, 6) is 3.04. The molecule has 4 N–H and O–H groups in total. The molecular formula is C23H28N8O2. The lowest BCUT2D eigenvalue weighted by molar-refractivity contribution is 0.392. The summed E-state index contributed by atoms with van der Waals surface area (Å²) in [6, 6.07) is 2.14. The van der Waals surface area contributed by atoms with Crippen LogP contribution in [0.3, 0.4) is 0 Å². The van der Waals surface area contributed by atoms with Crippen LogP contribution in [0.5, 0.6) is 5.88 Å². The van der Waals surface area contributed by atoms with E-state index < -0.39 is 0 Å². The van der Waals surface area contributed by atoms with Crippen LogP contribution in [0.25, 0.3) is 33.2 Å². The number of aromatic nitrogens is 5.